The predicted molar refractivity (Wildman–Crippen MR) is 29.2 cm³/mol. The molecule has 0 amide bonds. The average molecular weight is 159 g/mol. The number of rotatable bonds is 2. The van der Waals surface area contributed by atoms with E-state index in [0.717, 1.165) is 0 Å². The summed E-state index contributed by atoms with van der Waals surface area (Å²) in [6.45, 7) is 0. The first kappa shape index (κ1) is 7.97. The Morgan fingerprint density at radius 2 is 2.12 bits per heavy atom. The zero-order valence-electron chi connectivity index (χ0n) is 3.71. The zero-order valence-corrected chi connectivity index (χ0v) is 5.23. The highest BCUT2D eigenvalue weighted by Gasteiger charge is 2.16. The van der Waals surface area contributed by atoms with Crippen LogP contribution in [-0.2, 0) is 4.79 Å². The van der Waals surface area contributed by atoms with Gasteiger partial charge >= 0.3 is 5.97 Å². The molecule has 1 atom stereocenters. The molecule has 0 saturated carbocycles. The Bertz CT molecular complexity index is 96.0. The predicted octanol–water partition coefficient (Wildman–Crippen LogP) is -0.0346. The normalized spacial score (nSPS) is 14.0. The molecule has 4 nitrogen and oxygen atoms in total. The van der Waals surface area contributed by atoms with Crippen molar-refractivity contribution in [3.05, 3.63) is 0 Å². The van der Waals surface area contributed by atoms with E-state index in [1.54, 1.807) is 0 Å². The van der Waals surface area contributed by atoms with Gasteiger partial charge in [0.25, 0.3) is 0 Å². The van der Waals surface area contributed by atoms with Crippen LogP contribution in [-0.4, -0.2) is 21.2 Å². The van der Waals surface area contributed by atoms with Crippen LogP contribution in [0.2, 0.25) is 0 Å². The fourth-order valence-corrected chi connectivity index (χ4v) is 0.250. The van der Waals surface area contributed by atoms with E-state index in [1.165, 1.54) is 0 Å². The van der Waals surface area contributed by atoms with Crippen molar-refractivity contribution in [3.63, 3.8) is 0 Å². The van der Waals surface area contributed by atoms with E-state index in [2.05, 4.69) is 0 Å². The van der Waals surface area contributed by atoms with Crippen molar-refractivity contribution < 1.29 is 9.90 Å². The summed E-state index contributed by atoms with van der Waals surface area (Å²) in [5.41, 5.74) is 4.82. The van der Waals surface area contributed by atoms with Gasteiger partial charge < -0.3 is 10.8 Å². The van der Waals surface area contributed by atoms with Crippen molar-refractivity contribution >= 4 is 29.5 Å². The largest absolute Gasteiger partial charge is 0.479 e. The molecule has 0 aliphatic heterocycles. The monoisotopic (exact) mass is 158 g/mol. The molecule has 3 N–H and O–H groups in total. The van der Waals surface area contributed by atoms with Crippen LogP contribution in [0.4, 0.5) is 0 Å². The second kappa shape index (κ2) is 3.09. The fraction of sp³-hybridized carbons (Fsp3) is 0.500. The van der Waals surface area contributed by atoms with E-state index in [9.17, 15) is 4.79 Å². The summed E-state index contributed by atoms with van der Waals surface area (Å²) < 4.78 is 0.363. The first-order chi connectivity index (χ1) is 3.55. The molecule has 0 spiro atoms. The molecule has 0 radical (unpaired) electrons. The third kappa shape index (κ3) is 2.32. The zero-order chi connectivity index (χ0) is 6.73. The lowest BCUT2D eigenvalue weighted by molar-refractivity contribution is -0.140. The number of carboxylic acids is 1. The molecular formula is C2H4Cl2N2O2. The van der Waals surface area contributed by atoms with Crippen LogP contribution < -0.4 is 5.73 Å². The molecule has 0 heterocycles. The minimum Gasteiger partial charge on any atom is -0.479 e. The first-order valence-electron chi connectivity index (χ1n) is 1.65. The van der Waals surface area contributed by atoms with E-state index in [1.807, 2.05) is 0 Å². The van der Waals surface area contributed by atoms with Gasteiger partial charge in [0.2, 0.25) is 0 Å². The number of hydrogen-bond acceptors (Lipinski definition) is 3. The standard InChI is InChI=1S/C2H4Cl2N2O2/c3-6(4)1(5)2(7)8/h1H,5H2,(H,7,8). The fourth-order valence-electron chi connectivity index (χ4n) is 0.0835. The lowest BCUT2D eigenvalue weighted by atomic mass is 10.6. The second-order valence-electron chi connectivity index (χ2n) is 1.04. The second-order valence-corrected chi connectivity index (χ2v) is 1.94. The van der Waals surface area contributed by atoms with E-state index in [-0.39, 0.29) is 0 Å². The Balaban J connectivity index is 3.64. The van der Waals surface area contributed by atoms with Gasteiger partial charge in [-0.2, -0.15) is 0 Å². The molecule has 0 rings (SSSR count). The highest BCUT2D eigenvalue weighted by atomic mass is 35.5. The first-order valence-corrected chi connectivity index (χ1v) is 2.32. The van der Waals surface area contributed by atoms with Crippen LogP contribution >= 0.6 is 23.6 Å². The van der Waals surface area contributed by atoms with Gasteiger partial charge in [0.15, 0.2) is 6.17 Å². The third-order valence-corrected chi connectivity index (χ3v) is 0.884. The van der Waals surface area contributed by atoms with E-state index >= 15 is 0 Å². The Hall–Kier alpha value is -0.0300. The third-order valence-electron chi connectivity index (χ3n) is 0.463. The molecule has 1 unspecified atom stereocenters. The number of carbonyl (C=O) groups is 1. The van der Waals surface area contributed by atoms with Crippen molar-refractivity contribution in [2.24, 2.45) is 5.73 Å². The maximum atomic E-state index is 9.81. The van der Waals surface area contributed by atoms with Crippen molar-refractivity contribution in [2.75, 3.05) is 0 Å². The summed E-state index contributed by atoms with van der Waals surface area (Å²) >= 11 is 9.83. The van der Waals surface area contributed by atoms with Crippen molar-refractivity contribution in [2.45, 2.75) is 6.17 Å². The molecule has 0 aromatic carbocycles. The van der Waals surface area contributed by atoms with Crippen LogP contribution in [0.15, 0.2) is 0 Å². The van der Waals surface area contributed by atoms with Crippen LogP contribution in [0, 0.1) is 0 Å². The lowest BCUT2D eigenvalue weighted by Crippen LogP contribution is -2.37. The highest BCUT2D eigenvalue weighted by Crippen LogP contribution is 2.01. The van der Waals surface area contributed by atoms with Crippen LogP contribution in [0.25, 0.3) is 0 Å². The van der Waals surface area contributed by atoms with Gasteiger partial charge in [-0.1, -0.05) is 0 Å². The molecule has 48 valence electrons. The van der Waals surface area contributed by atoms with Crippen molar-refractivity contribution in [3.8, 4) is 0 Å². The Kier molecular flexibility index (Phi) is 3.08. The molecule has 0 bridgehead atoms. The smallest absolute Gasteiger partial charge is 0.338 e. The Morgan fingerprint density at radius 1 is 1.75 bits per heavy atom. The summed E-state index contributed by atoms with van der Waals surface area (Å²) in [6, 6.07) is 0. The van der Waals surface area contributed by atoms with Gasteiger partial charge in [0, 0.05) is 0 Å². The summed E-state index contributed by atoms with van der Waals surface area (Å²) in [6.07, 6.45) is -1.35. The van der Waals surface area contributed by atoms with E-state index in [0.29, 0.717) is 3.94 Å². The van der Waals surface area contributed by atoms with Crippen LogP contribution in [0.5, 0.6) is 0 Å². The van der Waals surface area contributed by atoms with E-state index < -0.39 is 12.1 Å². The molecule has 0 saturated heterocycles. The van der Waals surface area contributed by atoms with E-state index in [4.69, 9.17) is 34.4 Å². The summed E-state index contributed by atoms with van der Waals surface area (Å²) in [4.78, 5) is 9.81. The Morgan fingerprint density at radius 3 is 2.12 bits per heavy atom. The highest BCUT2D eigenvalue weighted by molar-refractivity contribution is 6.34. The summed E-state index contributed by atoms with van der Waals surface area (Å²) in [5.74, 6) is -1.27. The molecule has 0 aromatic heterocycles. The molecule has 0 fully saturated rings. The topological polar surface area (TPSA) is 66.6 Å². The molecule has 0 aliphatic rings. The number of halogens is 2. The van der Waals surface area contributed by atoms with Crippen LogP contribution in [0.1, 0.15) is 0 Å². The molecule has 0 aliphatic carbocycles. The van der Waals surface area contributed by atoms with Gasteiger partial charge in [0.05, 0.1) is 0 Å². The maximum Gasteiger partial charge on any atom is 0.338 e. The lowest BCUT2D eigenvalue weighted by Gasteiger charge is -2.06. The number of hydrogen-bond donors (Lipinski definition) is 2. The quantitative estimate of drug-likeness (QED) is 0.438. The minimum absolute atomic E-state index is 0.363. The maximum absolute atomic E-state index is 9.81. The van der Waals surface area contributed by atoms with Gasteiger partial charge in [-0.15, -0.1) is 3.94 Å². The van der Waals surface area contributed by atoms with Gasteiger partial charge in [0.1, 0.15) is 0 Å². The molecule has 0 aromatic rings. The summed E-state index contributed by atoms with van der Waals surface area (Å²) in [7, 11) is 0. The minimum atomic E-state index is -1.35. The Labute approximate surface area is 56.0 Å². The molecule has 6 heteroatoms. The number of carboxylic acid groups (broad SMARTS) is 1. The van der Waals surface area contributed by atoms with Gasteiger partial charge in [-0.05, 0) is 23.6 Å². The van der Waals surface area contributed by atoms with Gasteiger partial charge in [-0.3, -0.25) is 0 Å². The van der Waals surface area contributed by atoms with Crippen molar-refractivity contribution in [1.29, 1.82) is 0 Å². The average Bonchev–Trinajstić information content (AvgIpc) is 1.64. The van der Waals surface area contributed by atoms with Gasteiger partial charge in [-0.25, -0.2) is 4.79 Å². The molecular weight excluding hydrogens is 155 g/mol. The number of nitrogens with two attached hydrogens (primary N) is 1. The molecule has 8 heavy (non-hydrogen) atoms. The number of nitrogens with zero attached hydrogens (tertiary/aromatic N) is 1. The van der Waals surface area contributed by atoms with Crippen molar-refractivity contribution in [1.82, 2.24) is 3.94 Å². The SMILES string of the molecule is NC(C(=O)O)N(Cl)Cl. The van der Waals surface area contributed by atoms with Crippen LogP contribution in [0.3, 0.4) is 0 Å². The number of aliphatic carboxylic acids is 1. The summed E-state index contributed by atoms with van der Waals surface area (Å²) in [5, 5.41) is 8.02.